The maximum Gasteiger partial charge on any atom is 0.141 e. The van der Waals surface area contributed by atoms with Gasteiger partial charge in [0.15, 0.2) is 0 Å². The molecule has 1 aliphatic heterocycles. The van der Waals surface area contributed by atoms with Gasteiger partial charge in [0.25, 0.3) is 0 Å². The third kappa shape index (κ3) is 1.41. The van der Waals surface area contributed by atoms with Crippen molar-refractivity contribution in [2.45, 2.75) is 45.6 Å². The van der Waals surface area contributed by atoms with Crippen molar-refractivity contribution in [1.29, 1.82) is 0 Å². The fourth-order valence-corrected chi connectivity index (χ4v) is 2.56. The normalized spacial score (nSPS) is 39.6. The van der Waals surface area contributed by atoms with Gasteiger partial charge < -0.3 is 4.74 Å². The fraction of sp³-hybridized carbons (Fsp3) is 0.909. The number of carbonyl (C=O) groups excluding carboxylic acids is 1. The molecule has 2 fully saturated rings. The Morgan fingerprint density at radius 1 is 1.54 bits per heavy atom. The average molecular weight is 182 g/mol. The topological polar surface area (TPSA) is 26.3 Å². The van der Waals surface area contributed by atoms with E-state index in [2.05, 4.69) is 13.8 Å². The zero-order chi connectivity index (χ0) is 9.47. The minimum Gasteiger partial charge on any atom is -0.377 e. The predicted molar refractivity (Wildman–Crippen MR) is 50.5 cm³/mol. The van der Waals surface area contributed by atoms with Gasteiger partial charge in [0, 0.05) is 6.42 Å². The third-order valence-electron chi connectivity index (χ3n) is 3.56. The molecular weight excluding hydrogens is 164 g/mol. The Balaban J connectivity index is 2.07. The molecule has 0 N–H and O–H groups in total. The van der Waals surface area contributed by atoms with Crippen LogP contribution < -0.4 is 0 Å². The first-order valence-corrected chi connectivity index (χ1v) is 5.29. The van der Waals surface area contributed by atoms with Gasteiger partial charge in [0.05, 0.1) is 18.1 Å². The highest BCUT2D eigenvalue weighted by atomic mass is 16.5. The van der Waals surface area contributed by atoms with Crippen LogP contribution in [0.25, 0.3) is 0 Å². The highest BCUT2D eigenvalue weighted by molar-refractivity contribution is 5.87. The molecule has 0 aromatic heterocycles. The first kappa shape index (κ1) is 9.20. The number of carbonyl (C=O) groups is 1. The molecule has 13 heavy (non-hydrogen) atoms. The van der Waals surface area contributed by atoms with Crippen molar-refractivity contribution in [3.05, 3.63) is 0 Å². The molecule has 0 bridgehead atoms. The number of ether oxygens (including phenoxy) is 1. The summed E-state index contributed by atoms with van der Waals surface area (Å²) in [5.41, 5.74) is -0.0606. The van der Waals surface area contributed by atoms with Crippen molar-refractivity contribution < 1.29 is 9.53 Å². The number of Topliss-reactive ketones (excluding diaryl/α,β-unsaturated/α-hetero) is 1. The molecular formula is C11H18O2. The summed E-state index contributed by atoms with van der Waals surface area (Å²) in [4.78, 5) is 11.7. The molecule has 2 rings (SSSR count). The van der Waals surface area contributed by atoms with Gasteiger partial charge in [-0.05, 0) is 25.2 Å². The standard InChI is InChI=1S/C11H18O2/c1-8(2)9-6-11(7-13-9)5-3-4-10(11)12/h8-9H,3-7H2,1-2H3/t9-,11-/m1/s1. The highest BCUT2D eigenvalue weighted by Gasteiger charge is 2.48. The molecule has 2 nitrogen and oxygen atoms in total. The SMILES string of the molecule is CC(C)[C@H]1C[C@]2(CCCC2=O)CO1. The summed E-state index contributed by atoms with van der Waals surface area (Å²) < 4.78 is 5.70. The van der Waals surface area contributed by atoms with Crippen molar-refractivity contribution >= 4 is 5.78 Å². The van der Waals surface area contributed by atoms with E-state index in [4.69, 9.17) is 4.74 Å². The van der Waals surface area contributed by atoms with E-state index in [0.29, 0.717) is 24.4 Å². The van der Waals surface area contributed by atoms with E-state index in [9.17, 15) is 4.79 Å². The Morgan fingerprint density at radius 2 is 2.31 bits per heavy atom. The zero-order valence-electron chi connectivity index (χ0n) is 8.51. The van der Waals surface area contributed by atoms with Crippen molar-refractivity contribution in [2.24, 2.45) is 11.3 Å². The second-order valence-electron chi connectivity index (χ2n) is 4.85. The Kier molecular flexibility index (Phi) is 2.18. The second-order valence-corrected chi connectivity index (χ2v) is 4.85. The van der Waals surface area contributed by atoms with Crippen LogP contribution in [0.3, 0.4) is 0 Å². The van der Waals surface area contributed by atoms with E-state index in [0.717, 1.165) is 25.7 Å². The number of rotatable bonds is 1. The van der Waals surface area contributed by atoms with Crippen LogP contribution in [0.4, 0.5) is 0 Å². The van der Waals surface area contributed by atoms with Crippen LogP contribution in [0.1, 0.15) is 39.5 Å². The highest BCUT2D eigenvalue weighted by Crippen LogP contribution is 2.45. The smallest absolute Gasteiger partial charge is 0.141 e. The Hall–Kier alpha value is -0.370. The minimum absolute atomic E-state index is 0.0606. The molecule has 0 aromatic rings. The molecule has 0 aromatic carbocycles. The molecule has 2 aliphatic rings. The lowest BCUT2D eigenvalue weighted by Gasteiger charge is -2.19. The van der Waals surface area contributed by atoms with Gasteiger partial charge in [-0.15, -0.1) is 0 Å². The van der Waals surface area contributed by atoms with Crippen molar-refractivity contribution in [1.82, 2.24) is 0 Å². The Labute approximate surface area is 79.7 Å². The van der Waals surface area contributed by atoms with E-state index in [1.54, 1.807) is 0 Å². The van der Waals surface area contributed by atoms with Crippen LogP contribution in [0.15, 0.2) is 0 Å². The summed E-state index contributed by atoms with van der Waals surface area (Å²) in [5.74, 6) is 1.00. The summed E-state index contributed by atoms with van der Waals surface area (Å²) in [6, 6.07) is 0. The number of ketones is 1. The lowest BCUT2D eigenvalue weighted by molar-refractivity contribution is -0.125. The van der Waals surface area contributed by atoms with Crippen LogP contribution in [-0.2, 0) is 9.53 Å². The van der Waals surface area contributed by atoms with E-state index >= 15 is 0 Å². The summed E-state index contributed by atoms with van der Waals surface area (Å²) >= 11 is 0. The third-order valence-corrected chi connectivity index (χ3v) is 3.56. The van der Waals surface area contributed by atoms with Crippen LogP contribution in [0.2, 0.25) is 0 Å². The average Bonchev–Trinajstić information content (AvgIpc) is 2.63. The summed E-state index contributed by atoms with van der Waals surface area (Å²) in [5, 5.41) is 0. The quantitative estimate of drug-likeness (QED) is 0.621. The summed E-state index contributed by atoms with van der Waals surface area (Å²) in [6.07, 6.45) is 4.22. The Morgan fingerprint density at radius 3 is 2.77 bits per heavy atom. The fourth-order valence-electron chi connectivity index (χ4n) is 2.56. The molecule has 0 radical (unpaired) electrons. The molecule has 0 unspecified atom stereocenters. The van der Waals surface area contributed by atoms with Crippen LogP contribution in [0.5, 0.6) is 0 Å². The molecule has 1 saturated carbocycles. The molecule has 0 amide bonds. The molecule has 1 saturated heterocycles. The molecule has 2 atom stereocenters. The zero-order valence-corrected chi connectivity index (χ0v) is 8.51. The summed E-state index contributed by atoms with van der Waals surface area (Å²) in [7, 11) is 0. The molecule has 1 heterocycles. The molecule has 1 aliphatic carbocycles. The van der Waals surface area contributed by atoms with Gasteiger partial charge >= 0.3 is 0 Å². The van der Waals surface area contributed by atoms with E-state index in [1.807, 2.05) is 0 Å². The molecule has 2 heteroatoms. The number of hydrogen-bond donors (Lipinski definition) is 0. The van der Waals surface area contributed by atoms with Crippen molar-refractivity contribution in [3.63, 3.8) is 0 Å². The maximum absolute atomic E-state index is 11.7. The monoisotopic (exact) mass is 182 g/mol. The molecule has 1 spiro atoms. The van der Waals surface area contributed by atoms with Crippen LogP contribution in [-0.4, -0.2) is 18.5 Å². The van der Waals surface area contributed by atoms with Crippen LogP contribution >= 0.6 is 0 Å². The van der Waals surface area contributed by atoms with Gasteiger partial charge in [-0.3, -0.25) is 4.79 Å². The van der Waals surface area contributed by atoms with Crippen molar-refractivity contribution in [2.75, 3.05) is 6.61 Å². The van der Waals surface area contributed by atoms with Gasteiger partial charge in [-0.2, -0.15) is 0 Å². The van der Waals surface area contributed by atoms with Gasteiger partial charge in [-0.25, -0.2) is 0 Å². The number of hydrogen-bond acceptors (Lipinski definition) is 2. The first-order valence-electron chi connectivity index (χ1n) is 5.29. The van der Waals surface area contributed by atoms with E-state index < -0.39 is 0 Å². The van der Waals surface area contributed by atoms with Gasteiger partial charge in [0.2, 0.25) is 0 Å². The summed E-state index contributed by atoms with van der Waals surface area (Å²) in [6.45, 7) is 5.03. The van der Waals surface area contributed by atoms with Crippen LogP contribution in [0, 0.1) is 11.3 Å². The van der Waals surface area contributed by atoms with Gasteiger partial charge in [-0.1, -0.05) is 13.8 Å². The van der Waals surface area contributed by atoms with Crippen molar-refractivity contribution in [3.8, 4) is 0 Å². The first-order chi connectivity index (χ1) is 6.14. The van der Waals surface area contributed by atoms with E-state index in [-0.39, 0.29) is 5.41 Å². The Bertz CT molecular complexity index is 222. The lowest BCUT2D eigenvalue weighted by atomic mass is 9.81. The largest absolute Gasteiger partial charge is 0.377 e. The minimum atomic E-state index is -0.0606. The van der Waals surface area contributed by atoms with Gasteiger partial charge in [0.1, 0.15) is 5.78 Å². The van der Waals surface area contributed by atoms with E-state index in [1.165, 1.54) is 0 Å². The lowest BCUT2D eigenvalue weighted by Crippen LogP contribution is -2.26. The second kappa shape index (κ2) is 3.09. The maximum atomic E-state index is 11.7. The predicted octanol–water partition coefficient (Wildman–Crippen LogP) is 2.17. The molecule has 74 valence electrons.